The standard InChI is InChI=1S/C16H23ClN2O2/c1-3-8-19(14-6-7-18-10-14)16(20)11-21-15-5-4-13(17)9-12(15)2/h4-5,9,14,18H,3,6-8,10-11H2,1-2H3. The summed E-state index contributed by atoms with van der Waals surface area (Å²) >= 11 is 5.92. The van der Waals surface area contributed by atoms with Crippen molar-refractivity contribution in [1.29, 1.82) is 0 Å². The van der Waals surface area contributed by atoms with Gasteiger partial charge >= 0.3 is 0 Å². The van der Waals surface area contributed by atoms with Gasteiger partial charge in [0.1, 0.15) is 5.75 Å². The highest BCUT2D eigenvalue weighted by atomic mass is 35.5. The molecule has 1 heterocycles. The first-order chi connectivity index (χ1) is 10.1. The van der Waals surface area contributed by atoms with E-state index in [1.165, 1.54) is 0 Å². The fourth-order valence-electron chi connectivity index (χ4n) is 2.65. The van der Waals surface area contributed by atoms with Crippen LogP contribution in [-0.2, 0) is 4.79 Å². The molecule has 1 atom stereocenters. The average Bonchev–Trinajstić information content (AvgIpc) is 2.97. The number of rotatable bonds is 6. The first kappa shape index (κ1) is 16.1. The van der Waals surface area contributed by atoms with Crippen LogP contribution in [0.3, 0.4) is 0 Å². The van der Waals surface area contributed by atoms with Crippen molar-refractivity contribution in [2.24, 2.45) is 0 Å². The van der Waals surface area contributed by atoms with Crippen molar-refractivity contribution in [2.45, 2.75) is 32.7 Å². The molecule has 5 heteroatoms. The van der Waals surface area contributed by atoms with E-state index < -0.39 is 0 Å². The molecule has 1 amide bonds. The lowest BCUT2D eigenvalue weighted by molar-refractivity contribution is -0.135. The van der Waals surface area contributed by atoms with E-state index in [1.807, 2.05) is 24.0 Å². The molecular weight excluding hydrogens is 288 g/mol. The number of halogens is 1. The van der Waals surface area contributed by atoms with Gasteiger partial charge in [-0.15, -0.1) is 0 Å². The zero-order chi connectivity index (χ0) is 15.2. The summed E-state index contributed by atoms with van der Waals surface area (Å²) in [5.41, 5.74) is 0.944. The minimum atomic E-state index is 0.0555. The number of carbonyl (C=O) groups is 1. The number of ether oxygens (including phenoxy) is 1. The fourth-order valence-corrected chi connectivity index (χ4v) is 2.88. The molecule has 1 fully saturated rings. The van der Waals surface area contributed by atoms with Gasteiger partial charge in [0, 0.05) is 24.2 Å². The highest BCUT2D eigenvalue weighted by molar-refractivity contribution is 6.30. The van der Waals surface area contributed by atoms with Crippen LogP contribution in [0.5, 0.6) is 5.75 Å². The van der Waals surface area contributed by atoms with Gasteiger partial charge in [0.05, 0.1) is 0 Å². The summed E-state index contributed by atoms with van der Waals surface area (Å²) in [7, 11) is 0. The number of hydrogen-bond donors (Lipinski definition) is 1. The molecule has 0 radical (unpaired) electrons. The third kappa shape index (κ3) is 4.35. The Bertz CT molecular complexity index is 487. The number of carbonyl (C=O) groups excluding carboxylic acids is 1. The second kappa shape index (κ2) is 7.66. The first-order valence-electron chi connectivity index (χ1n) is 7.51. The third-order valence-corrected chi connectivity index (χ3v) is 3.98. The maximum atomic E-state index is 12.4. The molecule has 0 bridgehead atoms. The van der Waals surface area contributed by atoms with Crippen molar-refractivity contribution < 1.29 is 9.53 Å². The van der Waals surface area contributed by atoms with Crippen LogP contribution in [0.25, 0.3) is 0 Å². The number of nitrogens with zero attached hydrogens (tertiary/aromatic N) is 1. The SMILES string of the molecule is CCCN(C(=O)COc1ccc(Cl)cc1C)C1CCNC1. The van der Waals surface area contributed by atoms with E-state index in [9.17, 15) is 4.79 Å². The molecule has 4 nitrogen and oxygen atoms in total. The van der Waals surface area contributed by atoms with E-state index in [1.54, 1.807) is 6.07 Å². The minimum Gasteiger partial charge on any atom is -0.483 e. The van der Waals surface area contributed by atoms with Crippen molar-refractivity contribution in [2.75, 3.05) is 26.2 Å². The molecule has 1 aliphatic rings. The maximum Gasteiger partial charge on any atom is 0.260 e. The number of nitrogens with one attached hydrogen (secondary N) is 1. The fraction of sp³-hybridized carbons (Fsp3) is 0.562. The van der Waals surface area contributed by atoms with E-state index in [2.05, 4.69) is 12.2 Å². The number of amides is 1. The molecule has 21 heavy (non-hydrogen) atoms. The summed E-state index contributed by atoms with van der Waals surface area (Å²) in [5.74, 6) is 0.772. The van der Waals surface area contributed by atoms with E-state index in [-0.39, 0.29) is 12.5 Å². The Morgan fingerprint density at radius 2 is 2.33 bits per heavy atom. The molecule has 1 unspecified atom stereocenters. The molecule has 1 aliphatic heterocycles. The van der Waals surface area contributed by atoms with E-state index in [0.717, 1.165) is 38.0 Å². The molecule has 116 valence electrons. The van der Waals surface area contributed by atoms with Gasteiger partial charge in [-0.25, -0.2) is 0 Å². The van der Waals surface area contributed by atoms with Crippen molar-refractivity contribution >= 4 is 17.5 Å². The lowest BCUT2D eigenvalue weighted by atomic mass is 10.2. The summed E-state index contributed by atoms with van der Waals surface area (Å²) < 4.78 is 5.67. The van der Waals surface area contributed by atoms with Gasteiger partial charge in [0.2, 0.25) is 0 Å². The molecule has 0 spiro atoms. The maximum absolute atomic E-state index is 12.4. The number of hydrogen-bond acceptors (Lipinski definition) is 3. The molecule has 0 aliphatic carbocycles. The van der Waals surface area contributed by atoms with Crippen molar-refractivity contribution in [3.8, 4) is 5.75 Å². The van der Waals surface area contributed by atoms with Crippen LogP contribution >= 0.6 is 11.6 Å². The molecular formula is C16H23ClN2O2. The Hall–Kier alpha value is -1.26. The Kier molecular flexibility index (Phi) is 5.88. The monoisotopic (exact) mass is 310 g/mol. The number of benzene rings is 1. The van der Waals surface area contributed by atoms with E-state index in [4.69, 9.17) is 16.3 Å². The van der Waals surface area contributed by atoms with Crippen LogP contribution in [0.4, 0.5) is 0 Å². The van der Waals surface area contributed by atoms with Gasteiger partial charge in [-0.3, -0.25) is 4.79 Å². The topological polar surface area (TPSA) is 41.6 Å². The van der Waals surface area contributed by atoms with Gasteiger partial charge in [-0.2, -0.15) is 0 Å². The van der Waals surface area contributed by atoms with Gasteiger partial charge in [0.15, 0.2) is 6.61 Å². The Labute approximate surface area is 131 Å². The smallest absolute Gasteiger partial charge is 0.260 e. The first-order valence-corrected chi connectivity index (χ1v) is 7.88. The average molecular weight is 311 g/mol. The van der Waals surface area contributed by atoms with Gasteiger partial charge in [-0.1, -0.05) is 18.5 Å². The van der Waals surface area contributed by atoms with Crippen LogP contribution in [0, 0.1) is 6.92 Å². The molecule has 0 saturated carbocycles. The summed E-state index contributed by atoms with van der Waals surface area (Å²) in [6.07, 6.45) is 1.98. The molecule has 1 aromatic carbocycles. The van der Waals surface area contributed by atoms with Crippen LogP contribution < -0.4 is 10.1 Å². The highest BCUT2D eigenvalue weighted by Crippen LogP contribution is 2.22. The van der Waals surface area contributed by atoms with Crippen LogP contribution in [-0.4, -0.2) is 43.1 Å². The third-order valence-electron chi connectivity index (χ3n) is 3.75. The van der Waals surface area contributed by atoms with Crippen molar-refractivity contribution in [3.63, 3.8) is 0 Å². The molecule has 1 saturated heterocycles. The van der Waals surface area contributed by atoms with Crippen molar-refractivity contribution in [3.05, 3.63) is 28.8 Å². The second-order valence-corrected chi connectivity index (χ2v) is 5.87. The largest absolute Gasteiger partial charge is 0.483 e. The Balaban J connectivity index is 1.95. The zero-order valence-corrected chi connectivity index (χ0v) is 13.4. The van der Waals surface area contributed by atoms with Gasteiger partial charge < -0.3 is 15.0 Å². The van der Waals surface area contributed by atoms with Crippen LogP contribution in [0.2, 0.25) is 5.02 Å². The van der Waals surface area contributed by atoms with E-state index >= 15 is 0 Å². The Morgan fingerprint density at radius 1 is 1.52 bits per heavy atom. The second-order valence-electron chi connectivity index (χ2n) is 5.43. The highest BCUT2D eigenvalue weighted by Gasteiger charge is 2.26. The van der Waals surface area contributed by atoms with Gasteiger partial charge in [-0.05, 0) is 50.1 Å². The summed E-state index contributed by atoms with van der Waals surface area (Å²) in [6.45, 7) is 6.75. The summed E-state index contributed by atoms with van der Waals surface area (Å²) in [4.78, 5) is 14.4. The predicted octanol–water partition coefficient (Wildman–Crippen LogP) is 2.63. The van der Waals surface area contributed by atoms with E-state index in [0.29, 0.717) is 16.8 Å². The molecule has 1 N–H and O–H groups in total. The summed E-state index contributed by atoms with van der Waals surface area (Å²) in [5, 5.41) is 3.98. The molecule has 1 aromatic rings. The summed E-state index contributed by atoms with van der Waals surface area (Å²) in [6, 6.07) is 5.73. The van der Waals surface area contributed by atoms with Crippen molar-refractivity contribution in [1.82, 2.24) is 10.2 Å². The zero-order valence-electron chi connectivity index (χ0n) is 12.7. The van der Waals surface area contributed by atoms with Gasteiger partial charge in [0.25, 0.3) is 5.91 Å². The lowest BCUT2D eigenvalue weighted by Crippen LogP contribution is -2.44. The quantitative estimate of drug-likeness (QED) is 0.878. The molecule has 0 aromatic heterocycles. The predicted molar refractivity (Wildman–Crippen MR) is 85.0 cm³/mol. The molecule has 2 rings (SSSR count). The van der Waals surface area contributed by atoms with Crippen LogP contribution in [0.1, 0.15) is 25.3 Å². The normalized spacial score (nSPS) is 17.8. The minimum absolute atomic E-state index is 0.0555. The van der Waals surface area contributed by atoms with Crippen LogP contribution in [0.15, 0.2) is 18.2 Å². The Morgan fingerprint density at radius 3 is 2.95 bits per heavy atom. The number of aryl methyl sites for hydroxylation is 1. The lowest BCUT2D eigenvalue weighted by Gasteiger charge is -2.28.